The van der Waals surface area contributed by atoms with E-state index < -0.39 is 11.9 Å². The SMILES string of the molecule is C[C@@H]1CCCC[C@H]1OCC(=O)N(C)[C@H]1CCN(c2ccccc2F)C1=O. The zero-order valence-corrected chi connectivity index (χ0v) is 15.5. The van der Waals surface area contributed by atoms with Gasteiger partial charge in [0.05, 0.1) is 11.8 Å². The van der Waals surface area contributed by atoms with Crippen LogP contribution in [0.25, 0.3) is 0 Å². The number of carbonyl (C=O) groups is 2. The molecule has 0 bridgehead atoms. The first-order valence-electron chi connectivity index (χ1n) is 9.42. The molecule has 0 spiro atoms. The van der Waals surface area contributed by atoms with Gasteiger partial charge in [-0.2, -0.15) is 0 Å². The molecule has 6 heteroatoms. The van der Waals surface area contributed by atoms with E-state index in [4.69, 9.17) is 4.74 Å². The lowest BCUT2D eigenvalue weighted by Crippen LogP contribution is -2.45. The van der Waals surface area contributed by atoms with Crippen LogP contribution in [-0.2, 0) is 14.3 Å². The highest BCUT2D eigenvalue weighted by atomic mass is 19.1. The lowest BCUT2D eigenvalue weighted by atomic mass is 9.88. The van der Waals surface area contributed by atoms with Crippen LogP contribution < -0.4 is 4.90 Å². The van der Waals surface area contributed by atoms with Crippen molar-refractivity contribution in [3.05, 3.63) is 30.1 Å². The highest BCUT2D eigenvalue weighted by Crippen LogP contribution is 2.28. The van der Waals surface area contributed by atoms with Crippen molar-refractivity contribution in [3.8, 4) is 0 Å². The Hall–Kier alpha value is -1.95. The van der Waals surface area contributed by atoms with Gasteiger partial charge in [-0.25, -0.2) is 4.39 Å². The van der Waals surface area contributed by atoms with Gasteiger partial charge in [-0.1, -0.05) is 31.9 Å². The van der Waals surface area contributed by atoms with Crippen LogP contribution in [0.3, 0.4) is 0 Å². The summed E-state index contributed by atoms with van der Waals surface area (Å²) in [5, 5.41) is 0. The number of carbonyl (C=O) groups excluding carboxylic acids is 2. The molecule has 142 valence electrons. The molecule has 5 nitrogen and oxygen atoms in total. The minimum Gasteiger partial charge on any atom is -0.368 e. The summed E-state index contributed by atoms with van der Waals surface area (Å²) in [6, 6.07) is 5.66. The second kappa shape index (κ2) is 8.16. The molecule has 2 aliphatic rings. The fourth-order valence-electron chi connectivity index (χ4n) is 3.92. The predicted molar refractivity (Wildman–Crippen MR) is 97.3 cm³/mol. The molecule has 1 saturated heterocycles. The Morgan fingerprint density at radius 1 is 1.27 bits per heavy atom. The summed E-state index contributed by atoms with van der Waals surface area (Å²) in [6.45, 7) is 2.56. The molecule has 1 aliphatic carbocycles. The molecule has 0 aromatic heterocycles. The lowest BCUT2D eigenvalue weighted by Gasteiger charge is -2.30. The molecule has 0 N–H and O–H groups in total. The number of para-hydroxylation sites is 1. The molecule has 0 unspecified atom stereocenters. The molecule has 2 amide bonds. The summed E-state index contributed by atoms with van der Waals surface area (Å²) in [4.78, 5) is 28.1. The van der Waals surface area contributed by atoms with Crippen LogP contribution in [0, 0.1) is 11.7 Å². The number of likely N-dealkylation sites (N-methyl/N-ethyl adjacent to an activating group) is 1. The fourth-order valence-corrected chi connectivity index (χ4v) is 3.92. The van der Waals surface area contributed by atoms with E-state index in [1.54, 1.807) is 25.2 Å². The van der Waals surface area contributed by atoms with Crippen molar-refractivity contribution < 1.29 is 18.7 Å². The summed E-state index contributed by atoms with van der Waals surface area (Å²) >= 11 is 0. The third-order valence-electron chi connectivity index (χ3n) is 5.64. The van der Waals surface area contributed by atoms with Gasteiger partial charge in [-0.3, -0.25) is 9.59 Å². The standard InChI is InChI=1S/C20H27FN2O3/c1-14-7-3-6-10-18(14)26-13-19(24)22(2)17-11-12-23(20(17)25)16-9-5-4-8-15(16)21/h4-5,8-9,14,17-18H,3,6-7,10-13H2,1-2H3/t14-,17+,18-/m1/s1. The Kier molecular flexibility index (Phi) is 5.91. The Labute approximate surface area is 154 Å². The van der Waals surface area contributed by atoms with Crippen molar-refractivity contribution in [3.63, 3.8) is 0 Å². The molecule has 0 radical (unpaired) electrons. The molecular formula is C20H27FN2O3. The maximum Gasteiger partial charge on any atom is 0.249 e. The fraction of sp³-hybridized carbons (Fsp3) is 0.600. The predicted octanol–water partition coefficient (Wildman–Crippen LogP) is 2.98. The van der Waals surface area contributed by atoms with Crippen LogP contribution in [0.15, 0.2) is 24.3 Å². The molecular weight excluding hydrogens is 335 g/mol. The summed E-state index contributed by atoms with van der Waals surface area (Å²) in [5.74, 6) is -0.398. The van der Waals surface area contributed by atoms with Crippen molar-refractivity contribution in [2.75, 3.05) is 25.1 Å². The average Bonchev–Trinajstić information content (AvgIpc) is 3.02. The largest absolute Gasteiger partial charge is 0.368 e. The minimum atomic E-state index is -0.561. The number of hydrogen-bond donors (Lipinski definition) is 0. The first-order chi connectivity index (χ1) is 12.5. The van der Waals surface area contributed by atoms with E-state index in [9.17, 15) is 14.0 Å². The molecule has 1 saturated carbocycles. The van der Waals surface area contributed by atoms with E-state index in [0.717, 1.165) is 19.3 Å². The van der Waals surface area contributed by atoms with E-state index in [-0.39, 0.29) is 30.2 Å². The third-order valence-corrected chi connectivity index (χ3v) is 5.64. The van der Waals surface area contributed by atoms with Crippen LogP contribution in [0.2, 0.25) is 0 Å². The van der Waals surface area contributed by atoms with Gasteiger partial charge in [0.25, 0.3) is 0 Å². The van der Waals surface area contributed by atoms with Crippen molar-refractivity contribution >= 4 is 17.5 Å². The second-order valence-corrected chi connectivity index (χ2v) is 7.36. The van der Waals surface area contributed by atoms with E-state index in [1.165, 1.54) is 22.3 Å². The van der Waals surface area contributed by atoms with Crippen molar-refractivity contribution in [2.45, 2.75) is 51.2 Å². The van der Waals surface area contributed by atoms with Crippen LogP contribution >= 0.6 is 0 Å². The maximum absolute atomic E-state index is 14.0. The summed E-state index contributed by atoms with van der Waals surface area (Å²) < 4.78 is 19.8. The molecule has 3 rings (SSSR count). The zero-order valence-electron chi connectivity index (χ0n) is 15.5. The van der Waals surface area contributed by atoms with Crippen LogP contribution in [0.4, 0.5) is 10.1 Å². The van der Waals surface area contributed by atoms with Gasteiger partial charge in [0.1, 0.15) is 18.5 Å². The van der Waals surface area contributed by atoms with E-state index >= 15 is 0 Å². The van der Waals surface area contributed by atoms with E-state index in [1.807, 2.05) is 0 Å². The molecule has 1 aliphatic heterocycles. The topological polar surface area (TPSA) is 49.9 Å². The van der Waals surface area contributed by atoms with E-state index in [0.29, 0.717) is 18.9 Å². The quantitative estimate of drug-likeness (QED) is 0.809. The summed E-state index contributed by atoms with van der Waals surface area (Å²) in [7, 11) is 1.63. The number of nitrogens with zero attached hydrogens (tertiary/aromatic N) is 2. The van der Waals surface area contributed by atoms with Gasteiger partial charge < -0.3 is 14.5 Å². The summed E-state index contributed by atoms with van der Waals surface area (Å²) in [5.41, 5.74) is 0.271. The average molecular weight is 362 g/mol. The first kappa shape index (κ1) is 18.8. The third kappa shape index (κ3) is 3.90. The molecule has 1 aromatic carbocycles. The normalized spacial score (nSPS) is 26.2. The number of hydrogen-bond acceptors (Lipinski definition) is 3. The zero-order chi connectivity index (χ0) is 18.7. The Morgan fingerprint density at radius 3 is 2.73 bits per heavy atom. The number of benzene rings is 1. The lowest BCUT2D eigenvalue weighted by molar-refractivity contribution is -0.143. The van der Waals surface area contributed by atoms with Gasteiger partial charge in [0.2, 0.25) is 11.8 Å². The second-order valence-electron chi connectivity index (χ2n) is 7.36. The minimum absolute atomic E-state index is 0.00498. The highest BCUT2D eigenvalue weighted by molar-refractivity contribution is 6.01. The highest BCUT2D eigenvalue weighted by Gasteiger charge is 2.38. The molecule has 1 heterocycles. The van der Waals surface area contributed by atoms with E-state index in [2.05, 4.69) is 6.92 Å². The van der Waals surface area contributed by atoms with Crippen LogP contribution in [0.1, 0.15) is 39.0 Å². The maximum atomic E-state index is 14.0. The number of rotatable bonds is 5. The first-order valence-corrected chi connectivity index (χ1v) is 9.42. The van der Waals surface area contributed by atoms with Gasteiger partial charge in [-0.15, -0.1) is 0 Å². The van der Waals surface area contributed by atoms with Crippen LogP contribution in [-0.4, -0.2) is 49.1 Å². The van der Waals surface area contributed by atoms with Gasteiger partial charge in [0.15, 0.2) is 0 Å². The van der Waals surface area contributed by atoms with Crippen molar-refractivity contribution in [1.29, 1.82) is 0 Å². The van der Waals surface area contributed by atoms with Gasteiger partial charge >= 0.3 is 0 Å². The Morgan fingerprint density at radius 2 is 2.00 bits per heavy atom. The smallest absolute Gasteiger partial charge is 0.249 e. The number of ether oxygens (including phenoxy) is 1. The molecule has 26 heavy (non-hydrogen) atoms. The number of anilines is 1. The molecule has 3 atom stereocenters. The number of amides is 2. The Balaban J connectivity index is 1.57. The van der Waals surface area contributed by atoms with Crippen molar-refractivity contribution in [2.24, 2.45) is 5.92 Å². The summed E-state index contributed by atoms with van der Waals surface area (Å²) in [6.07, 6.45) is 5.09. The van der Waals surface area contributed by atoms with Crippen LogP contribution in [0.5, 0.6) is 0 Å². The Bertz CT molecular complexity index is 666. The molecule has 2 fully saturated rings. The van der Waals surface area contributed by atoms with Gasteiger partial charge in [0, 0.05) is 13.6 Å². The van der Waals surface area contributed by atoms with Gasteiger partial charge in [-0.05, 0) is 37.3 Å². The molecule has 1 aromatic rings. The monoisotopic (exact) mass is 362 g/mol. The number of halogens is 1. The van der Waals surface area contributed by atoms with Crippen molar-refractivity contribution in [1.82, 2.24) is 4.90 Å².